The number of nitrogens with zero attached hydrogens (tertiary/aromatic N) is 1. The van der Waals surface area contributed by atoms with Gasteiger partial charge in [0.15, 0.2) is 0 Å². The summed E-state index contributed by atoms with van der Waals surface area (Å²) in [5, 5.41) is 21.5. The number of carbonyl (C=O) groups is 2. The van der Waals surface area contributed by atoms with E-state index in [1.807, 2.05) is 0 Å². The fraction of sp³-hybridized carbons (Fsp3) is 0. The minimum Gasteiger partial charge on any atom is -0.478 e. The van der Waals surface area contributed by atoms with Gasteiger partial charge >= 0.3 is 5.97 Å². The molecule has 0 fully saturated rings. The fourth-order valence-electron chi connectivity index (χ4n) is 1.58. The first kappa shape index (κ1) is 14.2. The molecule has 1 aromatic carbocycles. The summed E-state index contributed by atoms with van der Waals surface area (Å²) >= 11 is 0. The first-order valence-electron chi connectivity index (χ1n) is 5.55. The molecule has 0 saturated carbocycles. The van der Waals surface area contributed by atoms with Crippen LogP contribution < -0.4 is 5.32 Å². The maximum Gasteiger partial charge on any atom is 0.338 e. The smallest absolute Gasteiger partial charge is 0.338 e. The summed E-state index contributed by atoms with van der Waals surface area (Å²) in [6.45, 7) is 0. The van der Waals surface area contributed by atoms with Crippen molar-refractivity contribution in [3.63, 3.8) is 0 Å². The van der Waals surface area contributed by atoms with Crippen molar-refractivity contribution in [1.82, 2.24) is 4.98 Å². The van der Waals surface area contributed by atoms with E-state index in [1.165, 1.54) is 6.07 Å². The molecule has 0 saturated heterocycles. The molecule has 8 nitrogen and oxygen atoms in total. The molecule has 0 spiro atoms. The quantitative estimate of drug-likeness (QED) is 0.587. The van der Waals surface area contributed by atoms with Gasteiger partial charge in [0.05, 0.1) is 16.7 Å². The van der Waals surface area contributed by atoms with Gasteiger partial charge in [-0.25, -0.2) is 9.18 Å². The fourth-order valence-corrected chi connectivity index (χ4v) is 1.58. The molecule has 1 amide bonds. The Morgan fingerprint density at radius 3 is 2.57 bits per heavy atom. The number of H-pyrrole nitrogens is 1. The van der Waals surface area contributed by atoms with Crippen molar-refractivity contribution in [3.05, 3.63) is 57.7 Å². The van der Waals surface area contributed by atoms with Crippen molar-refractivity contribution < 1.29 is 24.0 Å². The summed E-state index contributed by atoms with van der Waals surface area (Å²) in [6, 6.07) is 4.09. The summed E-state index contributed by atoms with van der Waals surface area (Å²) < 4.78 is 13.4. The van der Waals surface area contributed by atoms with Crippen LogP contribution in [0.4, 0.5) is 15.8 Å². The molecule has 0 aliphatic rings. The van der Waals surface area contributed by atoms with Gasteiger partial charge in [-0.2, -0.15) is 0 Å². The summed E-state index contributed by atoms with van der Waals surface area (Å²) in [5.74, 6) is -3.14. The van der Waals surface area contributed by atoms with E-state index in [-0.39, 0.29) is 17.1 Å². The highest BCUT2D eigenvalue weighted by Crippen LogP contribution is 2.17. The molecule has 0 bridgehead atoms. The molecule has 1 heterocycles. The van der Waals surface area contributed by atoms with Gasteiger partial charge in [-0.05, 0) is 18.2 Å². The molecule has 21 heavy (non-hydrogen) atoms. The lowest BCUT2D eigenvalue weighted by Gasteiger charge is -2.05. The van der Waals surface area contributed by atoms with Crippen LogP contribution in [-0.2, 0) is 0 Å². The van der Waals surface area contributed by atoms with Crippen molar-refractivity contribution in [2.24, 2.45) is 0 Å². The van der Waals surface area contributed by atoms with Gasteiger partial charge in [0.2, 0.25) is 0 Å². The Morgan fingerprint density at radius 2 is 2.05 bits per heavy atom. The number of carbonyl (C=O) groups excluding carboxylic acids is 1. The first-order chi connectivity index (χ1) is 9.88. The third kappa shape index (κ3) is 3.03. The van der Waals surface area contributed by atoms with E-state index >= 15 is 0 Å². The number of anilines is 1. The van der Waals surface area contributed by atoms with Crippen molar-refractivity contribution in [2.45, 2.75) is 0 Å². The molecule has 0 radical (unpaired) electrons. The number of aromatic carboxylic acids is 1. The van der Waals surface area contributed by atoms with Gasteiger partial charge in [-0.1, -0.05) is 0 Å². The summed E-state index contributed by atoms with van der Waals surface area (Å²) in [7, 11) is 0. The Kier molecular flexibility index (Phi) is 3.65. The van der Waals surface area contributed by atoms with Gasteiger partial charge in [-0.3, -0.25) is 14.9 Å². The molecule has 3 N–H and O–H groups in total. The Balaban J connectivity index is 2.17. The van der Waals surface area contributed by atoms with Crippen LogP contribution in [0.25, 0.3) is 0 Å². The van der Waals surface area contributed by atoms with Crippen LogP contribution >= 0.6 is 0 Å². The van der Waals surface area contributed by atoms with Crippen LogP contribution in [0.15, 0.2) is 30.5 Å². The predicted octanol–water partition coefficient (Wildman–Crippen LogP) is 2.01. The van der Waals surface area contributed by atoms with Gasteiger partial charge in [0.1, 0.15) is 11.5 Å². The lowest BCUT2D eigenvalue weighted by molar-refractivity contribution is -0.384. The molecule has 108 valence electrons. The van der Waals surface area contributed by atoms with Crippen LogP contribution in [-0.4, -0.2) is 26.9 Å². The Hall–Kier alpha value is -3.23. The second-order valence-corrected chi connectivity index (χ2v) is 3.98. The zero-order valence-electron chi connectivity index (χ0n) is 10.3. The number of hydrogen-bond donors (Lipinski definition) is 3. The van der Waals surface area contributed by atoms with Crippen molar-refractivity contribution in [2.75, 3.05) is 5.32 Å². The van der Waals surface area contributed by atoms with Crippen LogP contribution in [0.1, 0.15) is 20.8 Å². The van der Waals surface area contributed by atoms with E-state index in [1.54, 1.807) is 0 Å². The number of carboxylic acids is 1. The average Bonchev–Trinajstić information content (AvgIpc) is 2.88. The molecule has 2 aromatic rings. The topological polar surface area (TPSA) is 125 Å². The van der Waals surface area contributed by atoms with Crippen molar-refractivity contribution >= 4 is 23.3 Å². The lowest BCUT2D eigenvalue weighted by Crippen LogP contribution is -2.13. The Morgan fingerprint density at radius 1 is 1.33 bits per heavy atom. The minimum atomic E-state index is -1.43. The van der Waals surface area contributed by atoms with Crippen LogP contribution in [0.2, 0.25) is 0 Å². The molecule has 0 aliphatic carbocycles. The van der Waals surface area contributed by atoms with E-state index in [0.717, 1.165) is 24.4 Å². The summed E-state index contributed by atoms with van der Waals surface area (Å²) in [4.78, 5) is 34.7. The maximum atomic E-state index is 13.4. The largest absolute Gasteiger partial charge is 0.478 e. The Bertz CT molecular complexity index is 740. The number of aromatic amines is 1. The number of carboxylic acid groups (broad SMARTS) is 1. The highest BCUT2D eigenvalue weighted by Gasteiger charge is 2.16. The monoisotopic (exact) mass is 293 g/mol. The zero-order valence-corrected chi connectivity index (χ0v) is 10.3. The van der Waals surface area contributed by atoms with E-state index < -0.39 is 28.2 Å². The molecule has 9 heteroatoms. The summed E-state index contributed by atoms with van der Waals surface area (Å²) in [6.07, 6.45) is 1.04. The third-order valence-electron chi connectivity index (χ3n) is 2.58. The molecular formula is C12H8FN3O5. The van der Waals surface area contributed by atoms with E-state index in [2.05, 4.69) is 10.3 Å². The van der Waals surface area contributed by atoms with Crippen LogP contribution in [0, 0.1) is 15.9 Å². The zero-order chi connectivity index (χ0) is 15.6. The maximum absolute atomic E-state index is 13.4. The van der Waals surface area contributed by atoms with Gasteiger partial charge in [0.25, 0.3) is 11.6 Å². The molecule has 0 aliphatic heterocycles. The van der Waals surface area contributed by atoms with Crippen molar-refractivity contribution in [1.29, 1.82) is 0 Å². The molecule has 2 rings (SSSR count). The van der Waals surface area contributed by atoms with Gasteiger partial charge < -0.3 is 15.4 Å². The number of rotatable bonds is 4. The number of nitro groups is 1. The summed E-state index contributed by atoms with van der Waals surface area (Å²) in [5.41, 5.74) is -0.861. The molecule has 0 atom stereocenters. The standard InChI is InChI=1S/C12H8FN3O5/c13-9-3-6(1-2-8(9)12(18)19)15-11(17)10-4-7(5-14-10)16(20)21/h1-5,14H,(H,15,17)(H,18,19). The Labute approximate surface area is 116 Å². The van der Waals surface area contributed by atoms with Gasteiger partial charge in [0, 0.05) is 11.8 Å². The minimum absolute atomic E-state index is 0.0275. The highest BCUT2D eigenvalue weighted by atomic mass is 19.1. The number of nitrogens with one attached hydrogen (secondary N) is 2. The van der Waals surface area contributed by atoms with E-state index in [9.17, 15) is 24.1 Å². The first-order valence-corrected chi connectivity index (χ1v) is 5.55. The number of amides is 1. The molecule has 1 aromatic heterocycles. The number of aromatic nitrogens is 1. The number of hydrogen-bond acceptors (Lipinski definition) is 4. The van der Waals surface area contributed by atoms with Crippen LogP contribution in [0.5, 0.6) is 0 Å². The number of benzene rings is 1. The third-order valence-corrected chi connectivity index (χ3v) is 2.58. The average molecular weight is 293 g/mol. The molecular weight excluding hydrogens is 285 g/mol. The normalized spacial score (nSPS) is 10.1. The van der Waals surface area contributed by atoms with Crippen LogP contribution in [0.3, 0.4) is 0 Å². The second kappa shape index (κ2) is 5.41. The number of halogens is 1. The predicted molar refractivity (Wildman–Crippen MR) is 68.8 cm³/mol. The van der Waals surface area contributed by atoms with Gasteiger partial charge in [-0.15, -0.1) is 0 Å². The second-order valence-electron chi connectivity index (χ2n) is 3.98. The SMILES string of the molecule is O=C(Nc1ccc(C(=O)O)c(F)c1)c1cc([N+](=O)[O-])c[nH]1. The lowest BCUT2D eigenvalue weighted by atomic mass is 10.2. The van der Waals surface area contributed by atoms with E-state index in [4.69, 9.17) is 5.11 Å². The van der Waals surface area contributed by atoms with E-state index in [0.29, 0.717) is 0 Å². The van der Waals surface area contributed by atoms with Crippen molar-refractivity contribution in [3.8, 4) is 0 Å². The molecule has 0 unspecified atom stereocenters. The highest BCUT2D eigenvalue weighted by molar-refractivity contribution is 6.03.